The highest BCUT2D eigenvalue weighted by Crippen LogP contribution is 2.57. The van der Waals surface area contributed by atoms with E-state index in [1.807, 2.05) is 6.92 Å². The molecule has 29 heavy (non-hydrogen) atoms. The summed E-state index contributed by atoms with van der Waals surface area (Å²) in [5.74, 6) is -4.78. The summed E-state index contributed by atoms with van der Waals surface area (Å²) >= 11 is 0. The molecule has 3 heterocycles. The van der Waals surface area contributed by atoms with Crippen LogP contribution in [0.3, 0.4) is 0 Å². The number of aromatic nitrogens is 4. The maximum absolute atomic E-state index is 14.4. The van der Waals surface area contributed by atoms with E-state index in [-0.39, 0.29) is 23.6 Å². The number of carbonyl (C=O) groups excluding carboxylic acids is 1. The van der Waals surface area contributed by atoms with Crippen LogP contribution in [0.1, 0.15) is 13.3 Å². The first-order valence-corrected chi connectivity index (χ1v) is 9.42. The van der Waals surface area contributed by atoms with Gasteiger partial charge in [-0.2, -0.15) is 10.1 Å². The van der Waals surface area contributed by atoms with Gasteiger partial charge in [0.1, 0.15) is 5.92 Å². The van der Waals surface area contributed by atoms with Crippen molar-refractivity contribution < 1.29 is 18.0 Å². The molecule has 0 bridgehead atoms. The molecule has 1 saturated heterocycles. The van der Waals surface area contributed by atoms with Crippen LogP contribution in [0.5, 0.6) is 0 Å². The molecule has 0 unspecified atom stereocenters. The maximum Gasteiger partial charge on any atom is 0.260 e. The van der Waals surface area contributed by atoms with Gasteiger partial charge in [-0.3, -0.25) is 9.48 Å². The Morgan fingerprint density at radius 3 is 2.76 bits per heavy atom. The number of nitrogens with one attached hydrogen (secondary N) is 2. The second-order valence-electron chi connectivity index (χ2n) is 8.22. The lowest BCUT2D eigenvalue weighted by Gasteiger charge is -2.25. The molecule has 0 spiro atoms. The zero-order valence-electron chi connectivity index (χ0n) is 15.9. The van der Waals surface area contributed by atoms with Crippen molar-refractivity contribution in [2.75, 3.05) is 23.3 Å². The Balaban J connectivity index is 1.32. The largest absolute Gasteiger partial charge is 0.351 e. The summed E-state index contributed by atoms with van der Waals surface area (Å²) in [4.78, 5) is 22.2. The molecular weight excluding hydrogens is 387 g/mol. The zero-order chi connectivity index (χ0) is 20.6. The number of carbonyl (C=O) groups is 1. The Morgan fingerprint density at radius 2 is 2.10 bits per heavy atom. The lowest BCUT2D eigenvalue weighted by molar-refractivity contribution is -0.125. The second-order valence-corrected chi connectivity index (χ2v) is 8.22. The number of nitrogens with zero attached hydrogens (tertiary/aromatic N) is 5. The Bertz CT molecular complexity index is 996. The topological polar surface area (TPSA) is 88.0 Å². The number of fused-ring (bicyclic) bond motifs is 1. The minimum absolute atomic E-state index is 0.0721. The summed E-state index contributed by atoms with van der Waals surface area (Å²) in [6.45, 7) is 2.78. The van der Waals surface area contributed by atoms with Crippen molar-refractivity contribution in [3.05, 3.63) is 24.4 Å². The van der Waals surface area contributed by atoms with Crippen molar-refractivity contribution in [3.63, 3.8) is 0 Å². The van der Waals surface area contributed by atoms with E-state index in [2.05, 4.69) is 25.7 Å². The summed E-state index contributed by atoms with van der Waals surface area (Å²) in [6, 6.07) is 0. The molecule has 4 atom stereocenters. The number of anilines is 3. The van der Waals surface area contributed by atoms with Crippen LogP contribution in [-0.4, -0.2) is 50.2 Å². The molecule has 2 saturated carbocycles. The molecule has 2 aromatic rings. The molecular formula is C18H20F3N7O. The van der Waals surface area contributed by atoms with E-state index in [4.69, 9.17) is 0 Å². The van der Waals surface area contributed by atoms with Crippen LogP contribution in [0, 0.1) is 23.6 Å². The van der Waals surface area contributed by atoms with E-state index in [0.717, 1.165) is 6.20 Å². The lowest BCUT2D eigenvalue weighted by Crippen LogP contribution is -2.45. The molecule has 0 radical (unpaired) electrons. The van der Waals surface area contributed by atoms with Crippen LogP contribution in [0.2, 0.25) is 0 Å². The number of aryl methyl sites for hydroxylation is 1. The Hall–Kier alpha value is -2.85. The highest BCUT2D eigenvalue weighted by Gasteiger charge is 2.70. The fraction of sp³-hybridized carbons (Fsp3) is 0.556. The van der Waals surface area contributed by atoms with Gasteiger partial charge in [0.05, 0.1) is 23.6 Å². The van der Waals surface area contributed by atoms with Crippen molar-refractivity contribution in [1.82, 2.24) is 25.1 Å². The molecule has 11 heteroatoms. The highest BCUT2D eigenvalue weighted by molar-refractivity contribution is 5.84. The van der Waals surface area contributed by atoms with Gasteiger partial charge in [-0.15, -0.1) is 0 Å². The van der Waals surface area contributed by atoms with Crippen molar-refractivity contribution in [1.29, 1.82) is 0 Å². The number of hydrogen-bond donors (Lipinski definition) is 2. The van der Waals surface area contributed by atoms with Gasteiger partial charge >= 0.3 is 0 Å². The number of hydrogen-bond acceptors (Lipinski definition) is 6. The van der Waals surface area contributed by atoms with Crippen LogP contribution in [-0.2, 0) is 11.8 Å². The van der Waals surface area contributed by atoms with Crippen LogP contribution in [0.4, 0.5) is 30.6 Å². The van der Waals surface area contributed by atoms with E-state index in [1.54, 1.807) is 29.0 Å². The third kappa shape index (κ3) is 2.90. The van der Waals surface area contributed by atoms with Crippen LogP contribution >= 0.6 is 0 Å². The quantitative estimate of drug-likeness (QED) is 0.784. The van der Waals surface area contributed by atoms with Crippen LogP contribution in [0.15, 0.2) is 18.6 Å². The average Bonchev–Trinajstić information content (AvgIpc) is 3.24. The summed E-state index contributed by atoms with van der Waals surface area (Å²) in [5, 5.41) is 9.83. The van der Waals surface area contributed by atoms with Gasteiger partial charge < -0.3 is 15.5 Å². The predicted molar refractivity (Wildman–Crippen MR) is 97.3 cm³/mol. The first-order valence-electron chi connectivity index (χ1n) is 9.42. The molecule has 1 amide bonds. The first kappa shape index (κ1) is 18.2. The molecule has 8 nitrogen and oxygen atoms in total. The van der Waals surface area contributed by atoms with E-state index >= 15 is 0 Å². The van der Waals surface area contributed by atoms with E-state index < -0.39 is 35.5 Å². The van der Waals surface area contributed by atoms with Crippen molar-refractivity contribution in [2.24, 2.45) is 24.8 Å². The van der Waals surface area contributed by atoms with Crippen molar-refractivity contribution >= 4 is 23.4 Å². The molecule has 154 valence electrons. The number of halogens is 3. The Kier molecular flexibility index (Phi) is 3.66. The van der Waals surface area contributed by atoms with Gasteiger partial charge in [0.15, 0.2) is 11.6 Å². The third-order valence-corrected chi connectivity index (χ3v) is 6.32. The third-order valence-electron chi connectivity index (χ3n) is 6.32. The zero-order valence-corrected chi connectivity index (χ0v) is 15.9. The molecule has 3 fully saturated rings. The van der Waals surface area contributed by atoms with Gasteiger partial charge in [-0.1, -0.05) is 6.92 Å². The Labute approximate surface area is 164 Å². The second kappa shape index (κ2) is 5.83. The molecule has 0 aromatic carbocycles. The number of alkyl halides is 2. The van der Waals surface area contributed by atoms with Crippen LogP contribution in [0.25, 0.3) is 0 Å². The molecule has 2 aromatic heterocycles. The first-order chi connectivity index (χ1) is 13.7. The normalized spacial score (nSPS) is 31.3. The summed E-state index contributed by atoms with van der Waals surface area (Å²) in [7, 11) is 1.77. The van der Waals surface area contributed by atoms with E-state index in [9.17, 15) is 18.0 Å². The fourth-order valence-corrected chi connectivity index (χ4v) is 4.40. The summed E-state index contributed by atoms with van der Waals surface area (Å²) in [5.41, 5.74) is 0.0569. The summed E-state index contributed by atoms with van der Waals surface area (Å²) < 4.78 is 42.5. The smallest absolute Gasteiger partial charge is 0.260 e. The number of rotatable bonds is 5. The van der Waals surface area contributed by atoms with Gasteiger partial charge in [-0.05, 0) is 5.92 Å². The molecule has 2 aliphatic carbocycles. The number of amides is 1. The number of piperidine rings is 1. The van der Waals surface area contributed by atoms with Gasteiger partial charge in [-0.25, -0.2) is 18.2 Å². The monoisotopic (exact) mass is 407 g/mol. The van der Waals surface area contributed by atoms with Gasteiger partial charge in [0.2, 0.25) is 11.9 Å². The minimum atomic E-state index is -2.90. The van der Waals surface area contributed by atoms with Gasteiger partial charge in [0.25, 0.3) is 5.92 Å². The highest BCUT2D eigenvalue weighted by atomic mass is 19.3. The van der Waals surface area contributed by atoms with Crippen molar-refractivity contribution in [3.8, 4) is 0 Å². The SMILES string of the molecule is C[C@@H]1[C@@H]2CN(c3nc(Nc4cnn(C)c4)ncc3F)C[C@@]12NC(=O)[C@H]1CC1(F)F. The lowest BCUT2D eigenvalue weighted by atomic mass is 10.2. The predicted octanol–water partition coefficient (Wildman–Crippen LogP) is 1.69. The molecule has 1 aliphatic heterocycles. The Morgan fingerprint density at radius 1 is 1.34 bits per heavy atom. The average molecular weight is 407 g/mol. The van der Waals surface area contributed by atoms with E-state index in [0.29, 0.717) is 18.8 Å². The van der Waals surface area contributed by atoms with Crippen molar-refractivity contribution in [2.45, 2.75) is 24.8 Å². The van der Waals surface area contributed by atoms with Crippen LogP contribution < -0.4 is 15.5 Å². The molecule has 3 aliphatic rings. The molecule has 2 N–H and O–H groups in total. The minimum Gasteiger partial charge on any atom is -0.351 e. The maximum atomic E-state index is 14.4. The standard InChI is InChI=1S/C18H20F3N7O/c1-9-12-7-28(8-17(9,12)26-15(29)11-3-18(11,20)21)14-13(19)5-22-16(25-14)24-10-4-23-27(2)6-10/h4-6,9,11-12H,3,7-8H2,1-2H3,(H,26,29)(H,22,24,25)/t9-,11-,12+,17-/m1/s1. The fourth-order valence-electron chi connectivity index (χ4n) is 4.40. The summed E-state index contributed by atoms with van der Waals surface area (Å²) in [6.07, 6.45) is 4.01. The van der Waals surface area contributed by atoms with E-state index in [1.165, 1.54) is 0 Å². The van der Waals surface area contributed by atoms with Gasteiger partial charge in [0, 0.05) is 38.7 Å². The molecule has 5 rings (SSSR count).